The van der Waals surface area contributed by atoms with E-state index in [-0.39, 0.29) is 32.0 Å². The maximum absolute atomic E-state index is 12.7. The molecular formula is C52H96NO8P. The van der Waals surface area contributed by atoms with Crippen molar-refractivity contribution in [2.24, 2.45) is 0 Å². The van der Waals surface area contributed by atoms with Gasteiger partial charge in [-0.2, -0.15) is 0 Å². The minimum absolute atomic E-state index is 0.0363. The van der Waals surface area contributed by atoms with Gasteiger partial charge in [0, 0.05) is 12.8 Å². The second-order valence-electron chi connectivity index (χ2n) is 18.3. The first-order valence-electron chi connectivity index (χ1n) is 25.4. The highest BCUT2D eigenvalue weighted by Gasteiger charge is 2.21. The molecule has 9 nitrogen and oxygen atoms in total. The van der Waals surface area contributed by atoms with Gasteiger partial charge in [-0.05, 0) is 32.1 Å². The van der Waals surface area contributed by atoms with Gasteiger partial charge in [-0.3, -0.25) is 14.2 Å². The number of esters is 2. The standard InChI is InChI=1S/C52H96NO8P/c1-6-8-10-12-14-16-18-20-22-23-24-25-26-27-28-29-31-32-34-36-38-40-42-44-51(54)58-48-50(49-60-62(56,57)59-47-46-53(3,4)5)61-52(55)45-43-41-39-37-35-33-30-21-19-17-15-13-11-9-7-2/h9,11,13,15,17,19,21,30,50H,6-8,10,12,14,16,18,20,22-29,31-49H2,1-5H3/b11-9+,15-13+,19-17+,30-21+/t50-/m0/s1. The fourth-order valence-electron chi connectivity index (χ4n) is 7.02. The molecule has 0 saturated carbocycles. The van der Waals surface area contributed by atoms with E-state index in [1.54, 1.807) is 0 Å². The molecule has 0 amide bonds. The van der Waals surface area contributed by atoms with Crippen LogP contribution in [0.4, 0.5) is 0 Å². The molecule has 0 spiro atoms. The van der Waals surface area contributed by atoms with Crippen molar-refractivity contribution >= 4 is 19.8 Å². The molecule has 0 aromatic carbocycles. The van der Waals surface area contributed by atoms with Crippen LogP contribution in [0.3, 0.4) is 0 Å². The second-order valence-corrected chi connectivity index (χ2v) is 19.7. The summed E-state index contributed by atoms with van der Waals surface area (Å²) in [5.41, 5.74) is 0. The first-order chi connectivity index (χ1) is 30.0. The van der Waals surface area contributed by atoms with Crippen molar-refractivity contribution in [1.29, 1.82) is 0 Å². The fraction of sp³-hybridized carbons (Fsp3) is 0.808. The molecule has 0 aromatic rings. The number of rotatable bonds is 46. The van der Waals surface area contributed by atoms with E-state index in [2.05, 4.69) is 32.1 Å². The number of hydrogen-bond donors (Lipinski definition) is 0. The lowest BCUT2D eigenvalue weighted by Crippen LogP contribution is -2.37. The van der Waals surface area contributed by atoms with Crippen LogP contribution in [0.5, 0.6) is 0 Å². The number of likely N-dealkylation sites (N-methyl/N-ethyl adjacent to an activating group) is 1. The van der Waals surface area contributed by atoms with Crippen LogP contribution in [0.1, 0.15) is 219 Å². The van der Waals surface area contributed by atoms with Gasteiger partial charge in [-0.1, -0.05) is 223 Å². The molecule has 0 N–H and O–H groups in total. The zero-order valence-corrected chi connectivity index (χ0v) is 41.7. The molecule has 0 aromatic heterocycles. The van der Waals surface area contributed by atoms with Gasteiger partial charge in [0.25, 0.3) is 7.82 Å². The summed E-state index contributed by atoms with van der Waals surface area (Å²) in [5, 5.41) is 0. The van der Waals surface area contributed by atoms with Crippen LogP contribution in [-0.4, -0.2) is 70.0 Å². The fourth-order valence-corrected chi connectivity index (χ4v) is 7.75. The van der Waals surface area contributed by atoms with Crippen LogP contribution in [0.25, 0.3) is 0 Å². The largest absolute Gasteiger partial charge is 0.756 e. The Labute approximate surface area is 382 Å². The molecule has 0 fully saturated rings. The van der Waals surface area contributed by atoms with Gasteiger partial charge in [0.2, 0.25) is 0 Å². The van der Waals surface area contributed by atoms with Crippen LogP contribution in [-0.2, 0) is 32.7 Å². The lowest BCUT2D eigenvalue weighted by Gasteiger charge is -2.28. The third kappa shape index (κ3) is 47.4. The predicted octanol–water partition coefficient (Wildman–Crippen LogP) is 14.4. The molecule has 0 heterocycles. The number of allylic oxidation sites excluding steroid dienone is 8. The van der Waals surface area contributed by atoms with E-state index in [1.165, 1.54) is 128 Å². The highest BCUT2D eigenvalue weighted by Crippen LogP contribution is 2.38. The summed E-state index contributed by atoms with van der Waals surface area (Å²) in [6.45, 7) is 4.09. The first-order valence-corrected chi connectivity index (χ1v) is 26.9. The van der Waals surface area contributed by atoms with Crippen LogP contribution >= 0.6 is 7.82 Å². The van der Waals surface area contributed by atoms with Crippen molar-refractivity contribution in [2.45, 2.75) is 225 Å². The Kier molecular flexibility index (Phi) is 42.7. The van der Waals surface area contributed by atoms with E-state index in [1.807, 2.05) is 51.5 Å². The topological polar surface area (TPSA) is 111 Å². The minimum Gasteiger partial charge on any atom is -0.756 e. The summed E-state index contributed by atoms with van der Waals surface area (Å²) in [6.07, 6.45) is 52.9. The van der Waals surface area contributed by atoms with Gasteiger partial charge in [-0.25, -0.2) is 0 Å². The van der Waals surface area contributed by atoms with Crippen LogP contribution in [0.2, 0.25) is 0 Å². The van der Waals surface area contributed by atoms with Gasteiger partial charge >= 0.3 is 11.9 Å². The number of unbranched alkanes of at least 4 members (excludes halogenated alkanes) is 27. The monoisotopic (exact) mass is 894 g/mol. The van der Waals surface area contributed by atoms with E-state index < -0.39 is 26.5 Å². The minimum atomic E-state index is -4.64. The Bertz CT molecular complexity index is 1190. The van der Waals surface area contributed by atoms with Gasteiger partial charge < -0.3 is 27.9 Å². The third-order valence-corrected chi connectivity index (χ3v) is 11.9. The average Bonchev–Trinajstić information content (AvgIpc) is 3.23. The van der Waals surface area contributed by atoms with E-state index in [0.717, 1.165) is 57.8 Å². The van der Waals surface area contributed by atoms with E-state index >= 15 is 0 Å². The molecule has 0 saturated heterocycles. The van der Waals surface area contributed by atoms with Crippen molar-refractivity contribution in [3.8, 4) is 0 Å². The second kappa shape index (κ2) is 44.2. The van der Waals surface area contributed by atoms with Crippen LogP contribution < -0.4 is 4.89 Å². The molecule has 62 heavy (non-hydrogen) atoms. The number of phosphoric acid groups is 1. The predicted molar refractivity (Wildman–Crippen MR) is 259 cm³/mol. The number of carbonyl (C=O) groups excluding carboxylic acids is 2. The summed E-state index contributed by atoms with van der Waals surface area (Å²) in [4.78, 5) is 37.7. The van der Waals surface area contributed by atoms with Gasteiger partial charge in [0.15, 0.2) is 6.10 Å². The Balaban J connectivity index is 4.20. The number of carbonyl (C=O) groups is 2. The number of quaternary nitrogens is 1. The average molecular weight is 894 g/mol. The first kappa shape index (κ1) is 60.0. The summed E-state index contributed by atoms with van der Waals surface area (Å²) in [6, 6.07) is 0. The molecule has 1 unspecified atom stereocenters. The van der Waals surface area contributed by atoms with Crippen molar-refractivity contribution in [2.75, 3.05) is 47.5 Å². The molecule has 0 bridgehead atoms. The highest BCUT2D eigenvalue weighted by molar-refractivity contribution is 7.45. The normalized spacial score (nSPS) is 13.8. The highest BCUT2D eigenvalue weighted by atomic mass is 31.2. The smallest absolute Gasteiger partial charge is 0.306 e. The van der Waals surface area contributed by atoms with E-state index in [0.29, 0.717) is 17.4 Å². The Morgan fingerprint density at radius 1 is 0.516 bits per heavy atom. The number of hydrogen-bond acceptors (Lipinski definition) is 8. The molecule has 362 valence electrons. The molecule has 10 heteroatoms. The zero-order valence-electron chi connectivity index (χ0n) is 40.8. The maximum atomic E-state index is 12.7. The molecule has 2 atom stereocenters. The van der Waals surface area contributed by atoms with Gasteiger partial charge in [-0.15, -0.1) is 0 Å². The maximum Gasteiger partial charge on any atom is 0.306 e. The Hall–Kier alpha value is -2.03. The summed E-state index contributed by atoms with van der Waals surface area (Å²) >= 11 is 0. The number of ether oxygens (including phenoxy) is 2. The zero-order chi connectivity index (χ0) is 45.7. The quantitative estimate of drug-likeness (QED) is 0.0195. The van der Waals surface area contributed by atoms with Crippen molar-refractivity contribution < 1.29 is 42.1 Å². The van der Waals surface area contributed by atoms with E-state index in [4.69, 9.17) is 18.5 Å². The summed E-state index contributed by atoms with van der Waals surface area (Å²) < 4.78 is 34.0. The summed E-state index contributed by atoms with van der Waals surface area (Å²) in [7, 11) is 1.15. The Morgan fingerprint density at radius 2 is 0.919 bits per heavy atom. The van der Waals surface area contributed by atoms with Crippen LogP contribution in [0, 0.1) is 0 Å². The lowest BCUT2D eigenvalue weighted by molar-refractivity contribution is -0.870. The molecule has 0 aliphatic rings. The molecule has 0 aliphatic heterocycles. The van der Waals surface area contributed by atoms with Gasteiger partial charge in [0.1, 0.15) is 19.8 Å². The lowest BCUT2D eigenvalue weighted by atomic mass is 10.0. The van der Waals surface area contributed by atoms with Crippen molar-refractivity contribution in [3.05, 3.63) is 48.6 Å². The van der Waals surface area contributed by atoms with E-state index in [9.17, 15) is 19.0 Å². The molecule has 0 aliphatic carbocycles. The Morgan fingerprint density at radius 3 is 1.37 bits per heavy atom. The van der Waals surface area contributed by atoms with Crippen molar-refractivity contribution in [1.82, 2.24) is 0 Å². The molecular weight excluding hydrogens is 798 g/mol. The van der Waals surface area contributed by atoms with Crippen molar-refractivity contribution in [3.63, 3.8) is 0 Å². The molecule has 0 radical (unpaired) electrons. The third-order valence-electron chi connectivity index (χ3n) is 11.0. The number of nitrogens with zero attached hydrogens (tertiary/aromatic N) is 1. The SMILES string of the molecule is CC/C=C/C=C/C=C/C=C/CCCCCCCC(=O)O[C@@H](COC(=O)CCCCCCCCCCCCCCCCCCCCCCCCC)COP(=O)([O-])OCC[N+](C)(C)C. The van der Waals surface area contributed by atoms with Gasteiger partial charge in [0.05, 0.1) is 27.7 Å². The molecule has 0 rings (SSSR count). The number of phosphoric ester groups is 1. The summed E-state index contributed by atoms with van der Waals surface area (Å²) in [5.74, 6) is -0.855. The van der Waals surface area contributed by atoms with Crippen LogP contribution in [0.15, 0.2) is 48.6 Å².